The lowest BCUT2D eigenvalue weighted by Gasteiger charge is -2.57. The number of amides is 2. The molecule has 1 saturated heterocycles. The summed E-state index contributed by atoms with van der Waals surface area (Å²) in [7, 11) is 0. The topological polar surface area (TPSA) is 49.4 Å². The molecule has 4 bridgehead atoms. The summed E-state index contributed by atoms with van der Waals surface area (Å²) < 4.78 is 0. The number of carbonyl (C=O) groups excluding carboxylic acids is 2. The lowest BCUT2D eigenvalue weighted by atomic mass is 9.49. The molecule has 1 aliphatic heterocycles. The molecule has 0 radical (unpaired) electrons. The second-order valence-electron chi connectivity index (χ2n) is 10.1. The molecule has 4 heteroatoms. The molecule has 5 fully saturated rings. The minimum absolute atomic E-state index is 0.000978. The Balaban J connectivity index is 1.13. The molecule has 1 aromatic rings. The monoisotopic (exact) mass is 380 g/mol. The van der Waals surface area contributed by atoms with Gasteiger partial charge in [0.05, 0.1) is 0 Å². The van der Waals surface area contributed by atoms with E-state index < -0.39 is 0 Å². The zero-order valence-electron chi connectivity index (χ0n) is 16.7. The fraction of sp³-hybridized carbons (Fsp3) is 0.667. The zero-order valence-corrected chi connectivity index (χ0v) is 16.7. The third kappa shape index (κ3) is 3.58. The predicted octanol–water partition coefficient (Wildman–Crippen LogP) is 4.01. The Labute approximate surface area is 168 Å². The summed E-state index contributed by atoms with van der Waals surface area (Å²) in [5.74, 6) is 3.07. The highest BCUT2D eigenvalue weighted by Crippen LogP contribution is 2.61. The molecule has 5 aliphatic rings. The summed E-state index contributed by atoms with van der Waals surface area (Å²) in [4.78, 5) is 27.5. The van der Waals surface area contributed by atoms with E-state index in [9.17, 15) is 9.59 Å². The standard InChI is InChI=1S/C24H32N2O2/c27-22(16-24-13-17-10-18(14-24)12-19(11-17)15-24)26-8-6-21(7-9-26)25-23(28)20-4-2-1-3-5-20/h1-5,17-19,21H,6-16H2,(H,25,28). The van der Waals surface area contributed by atoms with Gasteiger partial charge in [-0.25, -0.2) is 0 Å². The van der Waals surface area contributed by atoms with Crippen LogP contribution in [-0.2, 0) is 4.79 Å². The largest absolute Gasteiger partial charge is 0.349 e. The van der Waals surface area contributed by atoms with Gasteiger partial charge in [-0.3, -0.25) is 9.59 Å². The van der Waals surface area contributed by atoms with Crippen LogP contribution in [0.15, 0.2) is 30.3 Å². The van der Waals surface area contributed by atoms with Gasteiger partial charge in [0.15, 0.2) is 0 Å². The van der Waals surface area contributed by atoms with Gasteiger partial charge in [0, 0.05) is 31.1 Å². The first-order valence-electron chi connectivity index (χ1n) is 11.2. The summed E-state index contributed by atoms with van der Waals surface area (Å²) in [6.45, 7) is 1.57. The molecule has 0 unspecified atom stereocenters. The van der Waals surface area contributed by atoms with E-state index in [1.165, 1.54) is 38.5 Å². The first-order valence-corrected chi connectivity index (χ1v) is 11.2. The Morgan fingerprint density at radius 1 is 0.929 bits per heavy atom. The van der Waals surface area contributed by atoms with Crippen LogP contribution in [0.3, 0.4) is 0 Å². The van der Waals surface area contributed by atoms with Crippen LogP contribution in [0.4, 0.5) is 0 Å². The SMILES string of the molecule is O=C(NC1CCN(C(=O)CC23CC4CC(CC(C4)C2)C3)CC1)c1ccccc1. The van der Waals surface area contributed by atoms with Crippen molar-refractivity contribution in [2.75, 3.05) is 13.1 Å². The molecule has 150 valence electrons. The highest BCUT2D eigenvalue weighted by atomic mass is 16.2. The fourth-order valence-corrected chi connectivity index (χ4v) is 7.07. The van der Waals surface area contributed by atoms with Gasteiger partial charge in [-0.15, -0.1) is 0 Å². The molecule has 28 heavy (non-hydrogen) atoms. The molecule has 2 amide bonds. The average molecular weight is 381 g/mol. The predicted molar refractivity (Wildman–Crippen MR) is 109 cm³/mol. The number of piperidine rings is 1. The Hall–Kier alpha value is -1.84. The second-order valence-corrected chi connectivity index (χ2v) is 10.1. The number of benzene rings is 1. The molecule has 4 saturated carbocycles. The van der Waals surface area contributed by atoms with Gasteiger partial charge in [-0.05, 0) is 86.7 Å². The van der Waals surface area contributed by atoms with Crippen molar-refractivity contribution in [1.82, 2.24) is 10.2 Å². The summed E-state index contributed by atoms with van der Waals surface area (Å²) in [6, 6.07) is 9.57. The van der Waals surface area contributed by atoms with Gasteiger partial charge in [-0.1, -0.05) is 18.2 Å². The van der Waals surface area contributed by atoms with Gasteiger partial charge in [0.1, 0.15) is 0 Å². The summed E-state index contributed by atoms with van der Waals surface area (Å²) in [5.41, 5.74) is 1.03. The van der Waals surface area contributed by atoms with E-state index in [0.29, 0.717) is 16.9 Å². The lowest BCUT2D eigenvalue weighted by molar-refractivity contribution is -0.140. The van der Waals surface area contributed by atoms with Gasteiger partial charge in [0.2, 0.25) is 5.91 Å². The van der Waals surface area contributed by atoms with Gasteiger partial charge < -0.3 is 10.2 Å². The van der Waals surface area contributed by atoms with Crippen LogP contribution in [0, 0.1) is 23.2 Å². The highest BCUT2D eigenvalue weighted by Gasteiger charge is 2.51. The van der Waals surface area contributed by atoms with Crippen molar-refractivity contribution in [2.24, 2.45) is 23.2 Å². The van der Waals surface area contributed by atoms with E-state index >= 15 is 0 Å². The van der Waals surface area contributed by atoms with Crippen molar-refractivity contribution >= 4 is 11.8 Å². The number of nitrogens with one attached hydrogen (secondary N) is 1. The van der Waals surface area contributed by atoms with Crippen LogP contribution < -0.4 is 5.32 Å². The van der Waals surface area contributed by atoms with Crippen molar-refractivity contribution < 1.29 is 9.59 Å². The van der Waals surface area contributed by atoms with Gasteiger partial charge in [-0.2, -0.15) is 0 Å². The maximum atomic E-state index is 13.1. The molecule has 4 aliphatic carbocycles. The van der Waals surface area contributed by atoms with Gasteiger partial charge in [0.25, 0.3) is 5.91 Å². The van der Waals surface area contributed by atoms with Crippen molar-refractivity contribution in [3.8, 4) is 0 Å². The highest BCUT2D eigenvalue weighted by molar-refractivity contribution is 5.94. The molecule has 4 nitrogen and oxygen atoms in total. The number of likely N-dealkylation sites (tertiary alicyclic amines) is 1. The van der Waals surface area contributed by atoms with Crippen LogP contribution in [0.1, 0.15) is 68.1 Å². The van der Waals surface area contributed by atoms with E-state index in [-0.39, 0.29) is 11.9 Å². The van der Waals surface area contributed by atoms with E-state index in [2.05, 4.69) is 10.2 Å². The average Bonchev–Trinajstić information content (AvgIpc) is 2.68. The van der Waals surface area contributed by atoms with Crippen molar-refractivity contribution in [3.63, 3.8) is 0 Å². The molecule has 1 heterocycles. The van der Waals surface area contributed by atoms with Crippen molar-refractivity contribution in [1.29, 1.82) is 0 Å². The summed E-state index contributed by atoms with van der Waals surface area (Å²) in [6.07, 6.45) is 10.7. The number of hydrogen-bond donors (Lipinski definition) is 1. The Morgan fingerprint density at radius 3 is 2.07 bits per heavy atom. The van der Waals surface area contributed by atoms with E-state index in [4.69, 9.17) is 0 Å². The van der Waals surface area contributed by atoms with Crippen LogP contribution in [0.2, 0.25) is 0 Å². The fourth-order valence-electron chi connectivity index (χ4n) is 7.07. The quantitative estimate of drug-likeness (QED) is 0.858. The zero-order chi connectivity index (χ0) is 19.1. The van der Waals surface area contributed by atoms with Gasteiger partial charge >= 0.3 is 0 Å². The first-order chi connectivity index (χ1) is 13.6. The first kappa shape index (κ1) is 18.2. The minimum Gasteiger partial charge on any atom is -0.349 e. The van der Waals surface area contributed by atoms with Crippen LogP contribution in [0.5, 0.6) is 0 Å². The van der Waals surface area contributed by atoms with Crippen LogP contribution in [0.25, 0.3) is 0 Å². The van der Waals surface area contributed by atoms with E-state index in [1.54, 1.807) is 0 Å². The molecular formula is C24H32N2O2. The minimum atomic E-state index is -0.000978. The number of carbonyl (C=O) groups is 2. The summed E-state index contributed by atoms with van der Waals surface area (Å²) in [5, 5.41) is 3.14. The molecule has 1 N–H and O–H groups in total. The Kier molecular flexibility index (Phi) is 4.68. The smallest absolute Gasteiger partial charge is 0.251 e. The number of nitrogens with zero attached hydrogens (tertiary/aromatic N) is 1. The molecule has 0 spiro atoms. The molecule has 0 atom stereocenters. The Morgan fingerprint density at radius 2 is 1.50 bits per heavy atom. The second kappa shape index (κ2) is 7.20. The maximum absolute atomic E-state index is 13.1. The van der Waals surface area contributed by atoms with Crippen LogP contribution in [-0.4, -0.2) is 35.8 Å². The third-order valence-electron chi connectivity index (χ3n) is 7.91. The molecule has 0 aromatic heterocycles. The van der Waals surface area contributed by atoms with Crippen molar-refractivity contribution in [3.05, 3.63) is 35.9 Å². The number of hydrogen-bond acceptors (Lipinski definition) is 2. The van der Waals surface area contributed by atoms with E-state index in [0.717, 1.165) is 50.1 Å². The normalized spacial score (nSPS) is 34.4. The van der Waals surface area contributed by atoms with E-state index in [1.807, 2.05) is 30.3 Å². The lowest BCUT2D eigenvalue weighted by Crippen LogP contribution is -2.50. The molecular weight excluding hydrogens is 348 g/mol. The molecule has 1 aromatic carbocycles. The maximum Gasteiger partial charge on any atom is 0.251 e. The summed E-state index contributed by atoms with van der Waals surface area (Å²) >= 11 is 0. The molecule has 6 rings (SSSR count). The van der Waals surface area contributed by atoms with Crippen molar-refractivity contribution in [2.45, 2.75) is 63.8 Å². The third-order valence-corrected chi connectivity index (χ3v) is 7.91. The van der Waals surface area contributed by atoms with Crippen LogP contribution >= 0.6 is 0 Å². The number of rotatable bonds is 4. The Bertz CT molecular complexity index is 701.